The first-order valence-electron chi connectivity index (χ1n) is 15.3. The van der Waals surface area contributed by atoms with Gasteiger partial charge >= 0.3 is 0 Å². The fraction of sp³-hybridized carbons (Fsp3) is 0.647. The van der Waals surface area contributed by atoms with Gasteiger partial charge in [-0.2, -0.15) is 0 Å². The van der Waals surface area contributed by atoms with Crippen LogP contribution in [0.15, 0.2) is 30.3 Å². The monoisotopic (exact) mass is 528 g/mol. The van der Waals surface area contributed by atoms with Crippen LogP contribution in [0.4, 0.5) is 13.2 Å². The van der Waals surface area contributed by atoms with E-state index in [1.54, 1.807) is 12.1 Å². The molecular weight excluding hydrogens is 481 g/mol. The molecule has 0 N–H and O–H groups in total. The minimum absolute atomic E-state index is 0.0945. The summed E-state index contributed by atoms with van der Waals surface area (Å²) in [5, 5.41) is 0. The van der Waals surface area contributed by atoms with Gasteiger partial charge in [0.25, 0.3) is 0 Å². The summed E-state index contributed by atoms with van der Waals surface area (Å²) >= 11 is 0. The van der Waals surface area contributed by atoms with Gasteiger partial charge in [-0.05, 0) is 110 Å². The van der Waals surface area contributed by atoms with Crippen molar-refractivity contribution in [1.82, 2.24) is 0 Å². The van der Waals surface area contributed by atoms with Gasteiger partial charge in [0.2, 0.25) is 0 Å². The quantitative estimate of drug-likeness (QED) is 0.249. The van der Waals surface area contributed by atoms with Crippen molar-refractivity contribution in [2.45, 2.75) is 122 Å². The van der Waals surface area contributed by atoms with Crippen molar-refractivity contribution < 1.29 is 17.9 Å². The highest BCUT2D eigenvalue weighted by atomic mass is 19.2. The summed E-state index contributed by atoms with van der Waals surface area (Å²) < 4.78 is 50.4. The second kappa shape index (κ2) is 14.4. The van der Waals surface area contributed by atoms with Crippen LogP contribution in [0.1, 0.15) is 132 Å². The molecule has 4 rings (SSSR count). The number of rotatable bonds is 12. The van der Waals surface area contributed by atoms with Gasteiger partial charge in [-0.25, -0.2) is 13.2 Å². The molecule has 0 bridgehead atoms. The van der Waals surface area contributed by atoms with Gasteiger partial charge in [-0.3, -0.25) is 0 Å². The number of aryl methyl sites for hydroxylation is 1. The first-order chi connectivity index (χ1) is 18.5. The highest BCUT2D eigenvalue weighted by Crippen LogP contribution is 2.42. The van der Waals surface area contributed by atoms with Crippen LogP contribution in [-0.2, 0) is 6.42 Å². The molecule has 4 heteroatoms. The fourth-order valence-electron chi connectivity index (χ4n) is 6.62. The van der Waals surface area contributed by atoms with Crippen molar-refractivity contribution in [3.63, 3.8) is 0 Å². The summed E-state index contributed by atoms with van der Waals surface area (Å²) in [4.78, 5) is 0. The average molecular weight is 529 g/mol. The van der Waals surface area contributed by atoms with E-state index in [2.05, 4.69) is 13.8 Å². The molecule has 1 nitrogen and oxygen atoms in total. The van der Waals surface area contributed by atoms with Gasteiger partial charge in [-0.1, -0.05) is 70.6 Å². The molecule has 2 aromatic carbocycles. The molecule has 0 spiro atoms. The molecule has 2 saturated carbocycles. The number of ether oxygens (including phenoxy) is 1. The summed E-state index contributed by atoms with van der Waals surface area (Å²) in [6, 6.07) is 9.10. The van der Waals surface area contributed by atoms with Crippen LogP contribution in [0, 0.1) is 29.3 Å². The number of hydrogen-bond acceptors (Lipinski definition) is 1. The zero-order valence-corrected chi connectivity index (χ0v) is 23.6. The van der Waals surface area contributed by atoms with E-state index >= 15 is 8.78 Å². The Labute approximate surface area is 228 Å². The zero-order valence-electron chi connectivity index (χ0n) is 23.6. The Balaban J connectivity index is 1.22. The van der Waals surface area contributed by atoms with Gasteiger partial charge in [-0.15, -0.1) is 0 Å². The lowest BCUT2D eigenvalue weighted by Gasteiger charge is -2.30. The van der Waals surface area contributed by atoms with E-state index in [-0.39, 0.29) is 17.7 Å². The van der Waals surface area contributed by atoms with Crippen LogP contribution in [0.5, 0.6) is 5.75 Å². The van der Waals surface area contributed by atoms with Gasteiger partial charge < -0.3 is 4.74 Å². The third-order valence-electron chi connectivity index (χ3n) is 9.23. The molecule has 0 atom stereocenters. The second-order valence-electron chi connectivity index (χ2n) is 12.1. The van der Waals surface area contributed by atoms with Gasteiger partial charge in [0.05, 0.1) is 6.61 Å². The van der Waals surface area contributed by atoms with Crippen molar-refractivity contribution in [2.75, 3.05) is 6.61 Å². The van der Waals surface area contributed by atoms with Gasteiger partial charge in [0.15, 0.2) is 23.2 Å². The van der Waals surface area contributed by atoms with Crippen molar-refractivity contribution in [2.24, 2.45) is 11.8 Å². The molecule has 2 fully saturated rings. The Hall–Kier alpha value is -1.97. The predicted octanol–water partition coefficient (Wildman–Crippen LogP) is 10.7. The minimum atomic E-state index is -0.608. The van der Waals surface area contributed by atoms with Crippen molar-refractivity contribution in [3.05, 3.63) is 64.5 Å². The summed E-state index contributed by atoms with van der Waals surface area (Å²) in [7, 11) is 0. The summed E-state index contributed by atoms with van der Waals surface area (Å²) in [6.07, 6.45) is 15.5. The average Bonchev–Trinajstić information content (AvgIpc) is 2.93. The lowest BCUT2D eigenvalue weighted by molar-refractivity contribution is 0.289. The van der Waals surface area contributed by atoms with Crippen LogP contribution in [0.2, 0.25) is 0 Å². The maximum atomic E-state index is 15.1. The maximum Gasteiger partial charge on any atom is 0.165 e. The number of hydrogen-bond donors (Lipinski definition) is 0. The van der Waals surface area contributed by atoms with Crippen molar-refractivity contribution in [1.29, 1.82) is 0 Å². The normalized spacial score (nSPS) is 23.9. The molecule has 2 aliphatic carbocycles. The fourth-order valence-corrected chi connectivity index (χ4v) is 6.62. The molecule has 0 aliphatic heterocycles. The third kappa shape index (κ3) is 7.79. The number of benzene rings is 2. The Bertz CT molecular complexity index is 1000. The van der Waals surface area contributed by atoms with E-state index in [0.717, 1.165) is 82.6 Å². The maximum absolute atomic E-state index is 15.1. The summed E-state index contributed by atoms with van der Waals surface area (Å²) in [6.45, 7) is 5.00. The Morgan fingerprint density at radius 1 is 0.737 bits per heavy atom. The van der Waals surface area contributed by atoms with E-state index in [9.17, 15) is 4.39 Å². The first kappa shape index (κ1) is 29.0. The predicted molar refractivity (Wildman–Crippen MR) is 150 cm³/mol. The molecule has 38 heavy (non-hydrogen) atoms. The molecule has 2 aromatic rings. The van der Waals surface area contributed by atoms with E-state index in [1.807, 2.05) is 18.2 Å². The van der Waals surface area contributed by atoms with Gasteiger partial charge in [0.1, 0.15) is 0 Å². The van der Waals surface area contributed by atoms with Crippen LogP contribution >= 0.6 is 0 Å². The van der Waals surface area contributed by atoms with E-state index in [4.69, 9.17) is 4.74 Å². The number of halogens is 3. The first-order valence-corrected chi connectivity index (χ1v) is 15.3. The Morgan fingerprint density at radius 3 is 1.95 bits per heavy atom. The molecule has 0 saturated heterocycles. The molecule has 0 radical (unpaired) electrons. The zero-order chi connectivity index (χ0) is 26.9. The highest BCUT2D eigenvalue weighted by molar-refractivity contribution is 5.32. The SMILES string of the molecule is CCCCCCCOc1ccc(CCC2CCC(c3ccc(C4CCC(C)CC4)c(F)c3F)CC2)cc1F. The largest absolute Gasteiger partial charge is 0.491 e. The van der Waals surface area contributed by atoms with E-state index in [0.29, 0.717) is 35.3 Å². The molecule has 0 heterocycles. The van der Waals surface area contributed by atoms with Crippen LogP contribution in [0.25, 0.3) is 0 Å². The molecule has 2 aliphatic rings. The molecule has 210 valence electrons. The van der Waals surface area contributed by atoms with E-state index < -0.39 is 11.6 Å². The number of unbranched alkanes of at least 4 members (excludes halogenated alkanes) is 4. The lowest BCUT2D eigenvalue weighted by atomic mass is 9.75. The van der Waals surface area contributed by atoms with Crippen molar-refractivity contribution in [3.8, 4) is 5.75 Å². The Kier molecular flexibility index (Phi) is 11.0. The van der Waals surface area contributed by atoms with Crippen LogP contribution in [0.3, 0.4) is 0 Å². The van der Waals surface area contributed by atoms with Crippen molar-refractivity contribution >= 4 is 0 Å². The topological polar surface area (TPSA) is 9.23 Å². The Morgan fingerprint density at radius 2 is 1.34 bits per heavy atom. The second-order valence-corrected chi connectivity index (χ2v) is 12.1. The van der Waals surface area contributed by atoms with E-state index in [1.165, 1.54) is 19.3 Å². The standard InChI is InChI=1S/C34H47F3O/c1-3-4-5-6-7-22-38-32-21-14-26(23-31(32)35)11-10-25-12-17-28(18-13-25)30-20-19-29(33(36)34(30)37)27-15-8-24(2)9-16-27/h14,19-21,23-25,27-28H,3-13,15-18,22H2,1-2H3. The highest BCUT2D eigenvalue weighted by Gasteiger charge is 2.29. The molecule has 0 aromatic heterocycles. The molecule has 0 unspecified atom stereocenters. The third-order valence-corrected chi connectivity index (χ3v) is 9.23. The summed E-state index contributed by atoms with van der Waals surface area (Å²) in [5.74, 6) is 0.356. The van der Waals surface area contributed by atoms with Crippen LogP contribution < -0.4 is 4.74 Å². The summed E-state index contributed by atoms with van der Waals surface area (Å²) in [5.41, 5.74) is 2.15. The van der Waals surface area contributed by atoms with Crippen LogP contribution in [-0.4, -0.2) is 6.61 Å². The molecular formula is C34H47F3O. The minimum Gasteiger partial charge on any atom is -0.491 e. The molecule has 0 amide bonds. The van der Waals surface area contributed by atoms with Gasteiger partial charge in [0, 0.05) is 0 Å². The smallest absolute Gasteiger partial charge is 0.165 e. The lowest BCUT2D eigenvalue weighted by Crippen LogP contribution is -2.17.